The molecule has 0 N–H and O–H groups in total. The van der Waals surface area contributed by atoms with E-state index in [4.69, 9.17) is 0 Å². The summed E-state index contributed by atoms with van der Waals surface area (Å²) >= 11 is 0. The molecule has 78 heavy (non-hydrogen) atoms. The van der Waals surface area contributed by atoms with Crippen LogP contribution >= 0.6 is 0 Å². The lowest BCUT2D eigenvalue weighted by Gasteiger charge is -2.21. The Morgan fingerprint density at radius 3 is 1.23 bits per heavy atom. The van der Waals surface area contributed by atoms with Gasteiger partial charge in [0.2, 0.25) is 0 Å². The Morgan fingerprint density at radius 2 is 0.769 bits per heavy atom. The van der Waals surface area contributed by atoms with Gasteiger partial charge in [-0.05, 0) is 119 Å². The Kier molecular flexibility index (Phi) is 11.6. The number of hydrogen-bond donors (Lipinski definition) is 0. The minimum atomic E-state index is -5.23. The molecule has 0 aliphatic heterocycles. The van der Waals surface area contributed by atoms with Crippen molar-refractivity contribution in [3.05, 3.63) is 214 Å². The maximum atomic E-state index is 15.1. The molecule has 0 saturated carbocycles. The van der Waals surface area contributed by atoms with E-state index in [1.165, 1.54) is 36.4 Å². The van der Waals surface area contributed by atoms with E-state index in [1.807, 2.05) is 63.7 Å². The molecule has 15 heteroatoms. The van der Waals surface area contributed by atoms with Crippen molar-refractivity contribution in [2.75, 3.05) is 0 Å². The summed E-state index contributed by atoms with van der Waals surface area (Å²) in [7, 11) is 0. The third-order valence-corrected chi connectivity index (χ3v) is 13.8. The summed E-state index contributed by atoms with van der Waals surface area (Å²) in [6.07, 6.45) is -10.3. The molecule has 11 rings (SSSR count). The first-order valence-corrected chi connectivity index (χ1v) is 23.4. The van der Waals surface area contributed by atoms with Gasteiger partial charge in [0.1, 0.15) is 0 Å². The van der Waals surface area contributed by atoms with Gasteiger partial charge in [0.25, 0.3) is 0 Å². The number of benzene rings is 9. The van der Waals surface area contributed by atoms with Crippen molar-refractivity contribution < 1.29 is 26.3 Å². The van der Waals surface area contributed by atoms with E-state index >= 15 is 13.2 Å². The van der Waals surface area contributed by atoms with E-state index in [2.05, 4.69) is 30.3 Å². The third-order valence-electron chi connectivity index (χ3n) is 13.8. The highest BCUT2D eigenvalue weighted by Crippen LogP contribution is 2.47. The molecule has 11 aromatic rings. The molecular formula is C63H27F6N9. The number of rotatable bonds is 6. The predicted octanol–water partition coefficient (Wildman–Crippen LogP) is 15.7. The smallest absolute Gasteiger partial charge is 0.309 e. The maximum Gasteiger partial charge on any atom is 0.417 e. The van der Waals surface area contributed by atoms with Crippen molar-refractivity contribution in [2.24, 2.45) is 0 Å². The third kappa shape index (κ3) is 7.92. The highest BCUT2D eigenvalue weighted by Gasteiger charge is 2.39. The van der Waals surface area contributed by atoms with E-state index in [-0.39, 0.29) is 56.1 Å². The van der Waals surface area contributed by atoms with Gasteiger partial charge in [-0.2, -0.15) is 63.2 Å². The summed E-state index contributed by atoms with van der Waals surface area (Å²) in [5.41, 5.74) is 2.59. The van der Waals surface area contributed by atoms with Crippen LogP contribution in [0.1, 0.15) is 50.1 Å². The molecule has 0 saturated heterocycles. The first kappa shape index (κ1) is 48.8. The minimum Gasteiger partial charge on any atom is -0.309 e. The fraction of sp³-hybridized carbons (Fsp3) is 0.0317. The topological polar surface area (TPSA) is 176 Å². The molecule has 0 radical (unpaired) electrons. The van der Waals surface area contributed by atoms with Crippen LogP contribution in [-0.2, 0) is 12.4 Å². The summed E-state index contributed by atoms with van der Waals surface area (Å²) in [5.74, 6) is 0. The summed E-state index contributed by atoms with van der Waals surface area (Å²) < 4.78 is 91.1. The molecule has 0 aliphatic carbocycles. The van der Waals surface area contributed by atoms with Gasteiger partial charge in [-0.15, -0.1) is 0 Å². The molecular weight excluding hydrogens is 997 g/mol. The molecule has 2 aromatic heterocycles. The zero-order chi connectivity index (χ0) is 54.8. The molecule has 9 aromatic carbocycles. The molecule has 0 aliphatic rings. The van der Waals surface area contributed by atoms with E-state index in [9.17, 15) is 50.0 Å². The molecule has 366 valence electrons. The normalized spacial score (nSPS) is 11.4. The average Bonchev–Trinajstić information content (AvgIpc) is 4.03. The number of aromatic nitrogens is 2. The Balaban J connectivity index is 1.23. The second-order valence-electron chi connectivity index (χ2n) is 18.1. The van der Waals surface area contributed by atoms with Crippen LogP contribution < -0.4 is 0 Å². The van der Waals surface area contributed by atoms with Crippen LogP contribution in [0.15, 0.2) is 164 Å². The van der Waals surface area contributed by atoms with Crippen LogP contribution in [0.2, 0.25) is 0 Å². The molecule has 0 spiro atoms. The lowest BCUT2D eigenvalue weighted by Crippen LogP contribution is -2.12. The lowest BCUT2D eigenvalue weighted by atomic mass is 9.91. The van der Waals surface area contributed by atoms with Gasteiger partial charge in [0.15, 0.2) is 0 Å². The lowest BCUT2D eigenvalue weighted by molar-refractivity contribution is -0.142. The molecule has 0 fully saturated rings. The molecule has 9 nitrogen and oxygen atoms in total. The van der Waals surface area contributed by atoms with E-state index in [1.54, 1.807) is 66.7 Å². The highest BCUT2D eigenvalue weighted by molar-refractivity contribution is 6.13. The number of para-hydroxylation sites is 2. The SMILES string of the molecule is N#Cc1cc(C#N)c(-c2ccc3c(c2)c2ccccc2n3-c2ccc(-c3ccc(C(F)(F)F)cc3C(F)(F)F)cc2-c2ccc(C#N)cc2-n2c3ccccc3c3cc(-c4c(C#N)cc(C#N)cc4C#N)ccc32)c(C#N)c1. The summed E-state index contributed by atoms with van der Waals surface area (Å²) in [6, 6.07) is 56.2. The summed E-state index contributed by atoms with van der Waals surface area (Å²) in [6.45, 7) is 0. The quantitative estimate of drug-likeness (QED) is 0.149. The van der Waals surface area contributed by atoms with Crippen molar-refractivity contribution in [1.82, 2.24) is 9.13 Å². The van der Waals surface area contributed by atoms with Crippen molar-refractivity contribution in [3.63, 3.8) is 0 Å². The standard InChI is InChI=1S/C63H27F6N9/c64-62(65,66)45-13-15-46(53(27-45)63(67,68)69)38-10-16-56(77-54-7-3-1-5-47(54)51-25-39(11-17-57(51)77)60-41(31-73)19-36(29-71)20-42(60)32-74)50(24-38)49-14-9-35(28-70)23-59(49)78-55-8-4-2-6-48(55)52-26-40(12-18-58(52)78)61-43(33-75)21-37(30-72)22-44(61)34-76/h1-27H. The largest absolute Gasteiger partial charge is 0.417 e. The number of halogens is 6. The van der Waals surface area contributed by atoms with Gasteiger partial charge < -0.3 is 9.13 Å². The first-order chi connectivity index (χ1) is 37.6. The summed E-state index contributed by atoms with van der Waals surface area (Å²) in [5, 5.41) is 73.4. The minimum absolute atomic E-state index is 0.0853. The van der Waals surface area contributed by atoms with Crippen LogP contribution in [0.25, 0.3) is 99.5 Å². The van der Waals surface area contributed by atoms with Crippen molar-refractivity contribution >= 4 is 43.6 Å². The van der Waals surface area contributed by atoms with Gasteiger partial charge in [-0.1, -0.05) is 66.7 Å². The van der Waals surface area contributed by atoms with E-state index < -0.39 is 29.0 Å². The maximum absolute atomic E-state index is 15.1. The average molecular weight is 1020 g/mol. The fourth-order valence-electron chi connectivity index (χ4n) is 10.5. The monoisotopic (exact) mass is 1020 g/mol. The number of nitrogens with zero attached hydrogens (tertiary/aromatic N) is 9. The molecule has 2 heterocycles. The van der Waals surface area contributed by atoms with Crippen LogP contribution in [-0.4, -0.2) is 9.13 Å². The predicted molar refractivity (Wildman–Crippen MR) is 280 cm³/mol. The van der Waals surface area contributed by atoms with Crippen LogP contribution in [0, 0.1) is 79.3 Å². The van der Waals surface area contributed by atoms with Gasteiger partial charge in [-0.3, -0.25) is 0 Å². The van der Waals surface area contributed by atoms with Gasteiger partial charge in [0, 0.05) is 43.8 Å². The second kappa shape index (κ2) is 18.5. The molecule has 0 bridgehead atoms. The van der Waals surface area contributed by atoms with Crippen LogP contribution in [0.3, 0.4) is 0 Å². The zero-order valence-electron chi connectivity index (χ0n) is 39.9. The Bertz CT molecular complexity index is 4690. The van der Waals surface area contributed by atoms with Crippen molar-refractivity contribution in [3.8, 4) is 98.4 Å². The Morgan fingerprint density at radius 1 is 0.321 bits per heavy atom. The fourth-order valence-corrected chi connectivity index (χ4v) is 10.5. The Labute approximate surface area is 438 Å². The Hall–Kier alpha value is -11.4. The highest BCUT2D eigenvalue weighted by atomic mass is 19.4. The van der Waals surface area contributed by atoms with Gasteiger partial charge >= 0.3 is 12.4 Å². The zero-order valence-corrected chi connectivity index (χ0v) is 39.9. The second-order valence-corrected chi connectivity index (χ2v) is 18.1. The van der Waals surface area contributed by atoms with Crippen LogP contribution in [0.5, 0.6) is 0 Å². The number of fused-ring (bicyclic) bond motifs is 6. The summed E-state index contributed by atoms with van der Waals surface area (Å²) in [4.78, 5) is 0. The van der Waals surface area contributed by atoms with E-state index in [0.29, 0.717) is 88.9 Å². The number of nitriles is 7. The van der Waals surface area contributed by atoms with Gasteiger partial charge in [0.05, 0.1) is 126 Å². The van der Waals surface area contributed by atoms with Crippen molar-refractivity contribution in [2.45, 2.75) is 12.4 Å². The first-order valence-electron chi connectivity index (χ1n) is 23.4. The number of alkyl halides is 6. The van der Waals surface area contributed by atoms with Crippen molar-refractivity contribution in [1.29, 1.82) is 36.8 Å². The van der Waals surface area contributed by atoms with Crippen LogP contribution in [0.4, 0.5) is 26.3 Å². The van der Waals surface area contributed by atoms with Gasteiger partial charge in [-0.25, -0.2) is 0 Å². The molecule has 0 atom stereocenters. The molecule has 0 amide bonds. The number of hydrogen-bond acceptors (Lipinski definition) is 7. The van der Waals surface area contributed by atoms with E-state index in [0.717, 1.165) is 6.07 Å². The molecule has 0 unspecified atom stereocenters.